The first kappa shape index (κ1) is 13.3. The van der Waals surface area contributed by atoms with E-state index in [1.54, 1.807) is 23.1 Å². The van der Waals surface area contributed by atoms with Crippen molar-refractivity contribution in [2.75, 3.05) is 17.2 Å². The Balaban J connectivity index is 2.00. The molecule has 5 heteroatoms. The molecule has 1 heterocycles. The van der Waals surface area contributed by atoms with Gasteiger partial charge in [0.1, 0.15) is 0 Å². The van der Waals surface area contributed by atoms with Crippen LogP contribution in [0.2, 0.25) is 10.0 Å². The molecule has 0 aliphatic carbocycles. The Bertz CT molecular complexity index is 680. The van der Waals surface area contributed by atoms with Gasteiger partial charge in [-0.2, -0.15) is 0 Å². The van der Waals surface area contributed by atoms with Crippen molar-refractivity contribution in [3.8, 4) is 0 Å². The molecule has 2 aromatic rings. The van der Waals surface area contributed by atoms with Crippen molar-refractivity contribution >= 4 is 40.5 Å². The van der Waals surface area contributed by atoms with Crippen molar-refractivity contribution < 1.29 is 4.79 Å². The fourth-order valence-corrected chi connectivity index (χ4v) is 3.03. The van der Waals surface area contributed by atoms with E-state index in [1.807, 2.05) is 18.2 Å². The zero-order valence-electron chi connectivity index (χ0n) is 10.6. The van der Waals surface area contributed by atoms with Crippen LogP contribution in [0.25, 0.3) is 0 Å². The topological polar surface area (TPSA) is 46.3 Å². The lowest BCUT2D eigenvalue weighted by Gasteiger charge is -2.18. The quantitative estimate of drug-likeness (QED) is 0.815. The fourth-order valence-electron chi connectivity index (χ4n) is 2.51. The van der Waals surface area contributed by atoms with Crippen LogP contribution in [-0.2, 0) is 6.42 Å². The van der Waals surface area contributed by atoms with Gasteiger partial charge in [-0.25, -0.2) is 0 Å². The number of hydrogen-bond acceptors (Lipinski definition) is 2. The lowest BCUT2D eigenvalue weighted by molar-refractivity contribution is 0.0989. The summed E-state index contributed by atoms with van der Waals surface area (Å²) in [6, 6.07) is 10.5. The average molecular weight is 307 g/mol. The number of halogens is 2. The van der Waals surface area contributed by atoms with Gasteiger partial charge in [0.15, 0.2) is 0 Å². The molecule has 0 atom stereocenters. The van der Waals surface area contributed by atoms with Crippen molar-refractivity contribution in [3.63, 3.8) is 0 Å². The van der Waals surface area contributed by atoms with E-state index in [2.05, 4.69) is 0 Å². The molecule has 1 aliphatic rings. The van der Waals surface area contributed by atoms with Crippen molar-refractivity contribution in [1.82, 2.24) is 0 Å². The molecule has 102 valence electrons. The molecule has 0 fully saturated rings. The minimum absolute atomic E-state index is 0.112. The van der Waals surface area contributed by atoms with E-state index in [9.17, 15) is 4.79 Å². The van der Waals surface area contributed by atoms with Gasteiger partial charge in [-0.3, -0.25) is 4.79 Å². The van der Waals surface area contributed by atoms with Crippen molar-refractivity contribution in [3.05, 3.63) is 57.6 Å². The molecule has 3 nitrogen and oxygen atoms in total. The fraction of sp³-hybridized carbons (Fsp3) is 0.133. The summed E-state index contributed by atoms with van der Waals surface area (Å²) in [5, 5.41) is 0.903. The maximum atomic E-state index is 12.6. The van der Waals surface area contributed by atoms with Gasteiger partial charge in [0.05, 0.1) is 0 Å². The number of nitrogen functional groups attached to an aromatic ring is 1. The molecule has 2 aromatic carbocycles. The van der Waals surface area contributed by atoms with Crippen LogP contribution in [0.3, 0.4) is 0 Å². The second-order valence-corrected chi connectivity index (χ2v) is 5.58. The summed E-state index contributed by atoms with van der Waals surface area (Å²) in [6.45, 7) is 0.618. The van der Waals surface area contributed by atoms with Crippen LogP contribution < -0.4 is 10.6 Å². The van der Waals surface area contributed by atoms with E-state index in [4.69, 9.17) is 28.9 Å². The number of anilines is 2. The number of hydrogen-bond donors (Lipinski definition) is 1. The third kappa shape index (κ3) is 2.23. The molecule has 1 aliphatic heterocycles. The Morgan fingerprint density at radius 3 is 2.55 bits per heavy atom. The highest BCUT2D eigenvalue weighted by atomic mass is 35.5. The van der Waals surface area contributed by atoms with E-state index in [0.29, 0.717) is 22.2 Å². The molecular formula is C15H12Cl2N2O. The molecule has 0 spiro atoms. The van der Waals surface area contributed by atoms with Gasteiger partial charge in [0.25, 0.3) is 5.91 Å². The first-order chi connectivity index (χ1) is 9.56. The molecule has 0 saturated heterocycles. The minimum atomic E-state index is -0.112. The number of rotatable bonds is 1. The van der Waals surface area contributed by atoms with Crippen molar-refractivity contribution in [1.29, 1.82) is 0 Å². The molecule has 0 aromatic heterocycles. The van der Waals surface area contributed by atoms with Gasteiger partial charge >= 0.3 is 0 Å². The van der Waals surface area contributed by atoms with E-state index >= 15 is 0 Å². The predicted octanol–water partition coefficient (Wildman–Crippen LogP) is 3.78. The number of fused-ring (bicyclic) bond motifs is 1. The number of carbonyl (C=O) groups excluding carboxylic acids is 1. The normalized spacial score (nSPS) is 13.4. The maximum Gasteiger partial charge on any atom is 0.258 e. The van der Waals surface area contributed by atoms with Crippen molar-refractivity contribution in [2.24, 2.45) is 0 Å². The smallest absolute Gasteiger partial charge is 0.258 e. The average Bonchev–Trinajstić information content (AvgIpc) is 2.82. The van der Waals surface area contributed by atoms with Gasteiger partial charge in [0.2, 0.25) is 0 Å². The van der Waals surface area contributed by atoms with Gasteiger partial charge in [-0.15, -0.1) is 0 Å². The van der Waals surface area contributed by atoms with E-state index in [1.165, 1.54) is 0 Å². The zero-order chi connectivity index (χ0) is 14.3. The molecule has 1 amide bonds. The highest BCUT2D eigenvalue weighted by molar-refractivity contribution is 6.35. The number of nitrogens with zero attached hydrogens (tertiary/aromatic N) is 1. The van der Waals surface area contributed by atoms with Gasteiger partial charge in [-0.05, 0) is 36.8 Å². The van der Waals surface area contributed by atoms with E-state index in [-0.39, 0.29) is 5.91 Å². The Labute approximate surface area is 126 Å². The molecular weight excluding hydrogens is 295 g/mol. The summed E-state index contributed by atoms with van der Waals surface area (Å²) < 4.78 is 0. The van der Waals surface area contributed by atoms with Crippen LogP contribution in [-0.4, -0.2) is 12.5 Å². The monoisotopic (exact) mass is 306 g/mol. The molecule has 0 radical (unpaired) electrons. The SMILES string of the molecule is Nc1cccc2c1CCN2C(=O)c1cc(Cl)cc(Cl)c1. The van der Waals surface area contributed by atoms with Gasteiger partial charge in [-0.1, -0.05) is 29.3 Å². The Morgan fingerprint density at radius 2 is 1.85 bits per heavy atom. The van der Waals surface area contributed by atoms with Crippen LogP contribution in [0.15, 0.2) is 36.4 Å². The van der Waals surface area contributed by atoms with Gasteiger partial charge < -0.3 is 10.6 Å². The second kappa shape index (κ2) is 5.00. The largest absolute Gasteiger partial charge is 0.398 e. The zero-order valence-corrected chi connectivity index (χ0v) is 12.1. The molecule has 2 N–H and O–H groups in total. The third-order valence-electron chi connectivity index (χ3n) is 3.42. The summed E-state index contributed by atoms with van der Waals surface area (Å²) in [7, 11) is 0. The maximum absolute atomic E-state index is 12.6. The summed E-state index contributed by atoms with van der Waals surface area (Å²) in [5.74, 6) is -0.112. The highest BCUT2D eigenvalue weighted by Gasteiger charge is 2.27. The number of nitrogens with two attached hydrogens (primary N) is 1. The highest BCUT2D eigenvalue weighted by Crippen LogP contribution is 2.33. The van der Waals surface area contributed by atoms with Crippen molar-refractivity contribution in [2.45, 2.75) is 6.42 Å². The summed E-state index contributed by atoms with van der Waals surface area (Å²) in [5.41, 5.74) is 9.04. The first-order valence-electron chi connectivity index (χ1n) is 6.21. The summed E-state index contributed by atoms with van der Waals surface area (Å²) >= 11 is 11.9. The second-order valence-electron chi connectivity index (χ2n) is 4.71. The first-order valence-corrected chi connectivity index (χ1v) is 6.97. The van der Waals surface area contributed by atoms with Crippen LogP contribution in [0.4, 0.5) is 11.4 Å². The lowest BCUT2D eigenvalue weighted by atomic mass is 10.1. The standard InChI is InChI=1S/C15H12Cl2N2O/c16-10-6-9(7-11(17)8-10)15(20)19-5-4-12-13(18)2-1-3-14(12)19/h1-3,6-8H,4-5,18H2. The van der Waals surface area contributed by atoms with Gasteiger partial charge in [0, 0.05) is 39.1 Å². The van der Waals surface area contributed by atoms with Crippen LogP contribution in [0.5, 0.6) is 0 Å². The molecule has 0 bridgehead atoms. The summed E-state index contributed by atoms with van der Waals surface area (Å²) in [4.78, 5) is 14.3. The number of benzene rings is 2. The van der Waals surface area contributed by atoms with Crippen LogP contribution in [0.1, 0.15) is 15.9 Å². The Kier molecular flexibility index (Phi) is 3.32. The van der Waals surface area contributed by atoms with Crippen LogP contribution >= 0.6 is 23.2 Å². The van der Waals surface area contributed by atoms with E-state index in [0.717, 1.165) is 23.4 Å². The summed E-state index contributed by atoms with van der Waals surface area (Å²) in [6.07, 6.45) is 0.766. The molecule has 0 saturated carbocycles. The Hall–Kier alpha value is -1.71. The minimum Gasteiger partial charge on any atom is -0.398 e. The predicted molar refractivity (Wildman–Crippen MR) is 82.7 cm³/mol. The molecule has 0 unspecified atom stereocenters. The number of amides is 1. The Morgan fingerprint density at radius 1 is 1.15 bits per heavy atom. The van der Waals surface area contributed by atoms with Crippen LogP contribution in [0, 0.1) is 0 Å². The third-order valence-corrected chi connectivity index (χ3v) is 3.85. The van der Waals surface area contributed by atoms with E-state index < -0.39 is 0 Å². The lowest BCUT2D eigenvalue weighted by Crippen LogP contribution is -2.28. The molecule has 3 rings (SSSR count). The number of carbonyl (C=O) groups is 1. The molecule has 20 heavy (non-hydrogen) atoms.